The summed E-state index contributed by atoms with van der Waals surface area (Å²) in [6.45, 7) is 5.33. The Morgan fingerprint density at radius 1 is 1.32 bits per heavy atom. The molecule has 1 heterocycles. The van der Waals surface area contributed by atoms with E-state index in [2.05, 4.69) is 15.3 Å². The highest BCUT2D eigenvalue weighted by Crippen LogP contribution is 2.20. The van der Waals surface area contributed by atoms with Crippen molar-refractivity contribution in [3.05, 3.63) is 18.1 Å². The van der Waals surface area contributed by atoms with Gasteiger partial charge in [0.25, 0.3) is 0 Å². The van der Waals surface area contributed by atoms with E-state index in [-0.39, 0.29) is 18.4 Å². The largest absolute Gasteiger partial charge is 0.405 e. The molecule has 0 aromatic carbocycles. The molecule has 0 aliphatic carbocycles. The second-order valence-electron chi connectivity index (χ2n) is 4.53. The topological polar surface area (TPSA) is 41.1 Å². The van der Waals surface area contributed by atoms with E-state index in [1.54, 1.807) is 13.1 Å². The van der Waals surface area contributed by atoms with Crippen LogP contribution in [0, 0.1) is 0 Å². The lowest BCUT2D eigenvalue weighted by Crippen LogP contribution is -2.35. The highest BCUT2D eigenvalue weighted by molar-refractivity contribution is 5.36. The van der Waals surface area contributed by atoms with Gasteiger partial charge in [-0.15, -0.1) is 0 Å². The fraction of sp³-hybridized carbons (Fsp3) is 0.667. The third kappa shape index (κ3) is 5.87. The van der Waals surface area contributed by atoms with Crippen molar-refractivity contribution in [3.8, 4) is 0 Å². The lowest BCUT2D eigenvalue weighted by molar-refractivity contribution is -0.119. The molecule has 4 nitrogen and oxygen atoms in total. The van der Waals surface area contributed by atoms with Crippen LogP contribution in [0.3, 0.4) is 0 Å². The van der Waals surface area contributed by atoms with Gasteiger partial charge in [-0.3, -0.25) is 4.98 Å². The Morgan fingerprint density at radius 3 is 2.53 bits per heavy atom. The highest BCUT2D eigenvalue weighted by Gasteiger charge is 2.30. The zero-order chi connectivity index (χ0) is 14.5. The molecule has 108 valence electrons. The average Bonchev–Trinajstić information content (AvgIpc) is 2.32. The van der Waals surface area contributed by atoms with Gasteiger partial charge in [0.15, 0.2) is 0 Å². The van der Waals surface area contributed by atoms with Crippen molar-refractivity contribution < 1.29 is 13.2 Å². The summed E-state index contributed by atoms with van der Waals surface area (Å²) in [7, 11) is 0. The van der Waals surface area contributed by atoms with Gasteiger partial charge in [0, 0.05) is 25.3 Å². The molecule has 1 aromatic rings. The normalized spacial score (nSPS) is 11.9. The van der Waals surface area contributed by atoms with Gasteiger partial charge in [-0.2, -0.15) is 13.2 Å². The fourth-order valence-corrected chi connectivity index (χ4v) is 1.51. The summed E-state index contributed by atoms with van der Waals surface area (Å²) >= 11 is 0. The summed E-state index contributed by atoms with van der Waals surface area (Å²) in [4.78, 5) is 9.31. The third-order valence-electron chi connectivity index (χ3n) is 2.44. The van der Waals surface area contributed by atoms with Crippen molar-refractivity contribution in [2.45, 2.75) is 39.5 Å². The Labute approximate surface area is 111 Å². The first-order chi connectivity index (χ1) is 8.81. The smallest absolute Gasteiger partial charge is 0.347 e. The monoisotopic (exact) mass is 276 g/mol. The molecule has 0 atom stereocenters. The van der Waals surface area contributed by atoms with Crippen molar-refractivity contribution in [2.24, 2.45) is 0 Å². The van der Waals surface area contributed by atoms with Crippen molar-refractivity contribution in [1.29, 1.82) is 0 Å². The van der Waals surface area contributed by atoms with Crippen LogP contribution in [-0.2, 0) is 6.54 Å². The number of hydrogen-bond donors (Lipinski definition) is 1. The fourth-order valence-electron chi connectivity index (χ4n) is 1.51. The second kappa shape index (κ2) is 6.70. The van der Waals surface area contributed by atoms with Crippen molar-refractivity contribution in [1.82, 2.24) is 15.3 Å². The molecule has 0 radical (unpaired) electrons. The van der Waals surface area contributed by atoms with Gasteiger partial charge in [0.2, 0.25) is 0 Å². The van der Waals surface area contributed by atoms with E-state index in [0.29, 0.717) is 12.2 Å². The summed E-state index contributed by atoms with van der Waals surface area (Å²) in [6, 6.07) is 0.280. The molecular weight excluding hydrogens is 257 g/mol. The molecular formula is C12H19F3N4. The molecule has 1 rings (SSSR count). The predicted octanol–water partition coefficient (Wildman–Crippen LogP) is 2.36. The van der Waals surface area contributed by atoms with Crippen LogP contribution in [0.2, 0.25) is 0 Å². The number of anilines is 1. The molecule has 0 unspecified atom stereocenters. The first-order valence-electron chi connectivity index (χ1n) is 6.18. The number of halogens is 3. The molecule has 0 saturated heterocycles. The van der Waals surface area contributed by atoms with Crippen molar-refractivity contribution >= 4 is 5.82 Å². The number of nitrogens with zero attached hydrogens (tertiary/aromatic N) is 3. The van der Waals surface area contributed by atoms with E-state index in [9.17, 15) is 13.2 Å². The Hall–Kier alpha value is -1.37. The standard InChI is InChI=1S/C12H19F3N4/c1-4-19(8-12(13,14)15)11-7-16-5-10(18-11)6-17-9(2)3/h5,7,9,17H,4,6,8H2,1-3H3. The van der Waals surface area contributed by atoms with Crippen LogP contribution in [0.4, 0.5) is 19.0 Å². The predicted molar refractivity (Wildman–Crippen MR) is 67.9 cm³/mol. The first-order valence-corrected chi connectivity index (χ1v) is 6.18. The number of rotatable bonds is 6. The van der Waals surface area contributed by atoms with Crippen molar-refractivity contribution in [2.75, 3.05) is 18.0 Å². The maximum Gasteiger partial charge on any atom is 0.405 e. The number of nitrogens with one attached hydrogen (secondary N) is 1. The second-order valence-corrected chi connectivity index (χ2v) is 4.53. The molecule has 19 heavy (non-hydrogen) atoms. The minimum atomic E-state index is -4.25. The molecule has 7 heteroatoms. The van der Waals surface area contributed by atoms with Crippen LogP contribution in [0.5, 0.6) is 0 Å². The van der Waals surface area contributed by atoms with E-state index in [0.717, 1.165) is 4.90 Å². The summed E-state index contributed by atoms with van der Waals surface area (Å²) in [6.07, 6.45) is -1.34. The van der Waals surface area contributed by atoms with Crippen LogP contribution in [0.25, 0.3) is 0 Å². The Balaban J connectivity index is 2.78. The highest BCUT2D eigenvalue weighted by atomic mass is 19.4. The molecule has 0 aliphatic heterocycles. The molecule has 0 saturated carbocycles. The zero-order valence-electron chi connectivity index (χ0n) is 11.3. The molecule has 0 bridgehead atoms. The number of aromatic nitrogens is 2. The lowest BCUT2D eigenvalue weighted by Gasteiger charge is -2.23. The van der Waals surface area contributed by atoms with Gasteiger partial charge in [0.05, 0.1) is 11.9 Å². The van der Waals surface area contributed by atoms with Crippen LogP contribution in [0.15, 0.2) is 12.4 Å². The van der Waals surface area contributed by atoms with Gasteiger partial charge in [-0.05, 0) is 6.92 Å². The molecule has 0 aliphatic rings. The van der Waals surface area contributed by atoms with Crippen LogP contribution in [0.1, 0.15) is 26.5 Å². The van der Waals surface area contributed by atoms with E-state index in [1.165, 1.54) is 6.20 Å². The SMILES string of the molecule is CCN(CC(F)(F)F)c1cncc(CNC(C)C)n1. The van der Waals surface area contributed by atoms with Gasteiger partial charge >= 0.3 is 6.18 Å². The van der Waals surface area contributed by atoms with Gasteiger partial charge in [-0.1, -0.05) is 13.8 Å². The Morgan fingerprint density at radius 2 is 2.00 bits per heavy atom. The lowest BCUT2D eigenvalue weighted by atomic mass is 10.3. The maximum atomic E-state index is 12.4. The van der Waals surface area contributed by atoms with Crippen molar-refractivity contribution in [3.63, 3.8) is 0 Å². The number of hydrogen-bond acceptors (Lipinski definition) is 4. The molecule has 1 aromatic heterocycles. The van der Waals surface area contributed by atoms with Crippen LogP contribution < -0.4 is 10.2 Å². The Bertz CT molecular complexity index is 393. The molecule has 1 N–H and O–H groups in total. The third-order valence-corrected chi connectivity index (χ3v) is 2.44. The quantitative estimate of drug-likeness (QED) is 0.866. The van der Waals surface area contributed by atoms with Crippen LogP contribution >= 0.6 is 0 Å². The minimum absolute atomic E-state index is 0.231. The van der Waals surface area contributed by atoms with E-state index < -0.39 is 12.7 Å². The van der Waals surface area contributed by atoms with Gasteiger partial charge in [0.1, 0.15) is 12.4 Å². The Kier molecular flexibility index (Phi) is 5.53. The summed E-state index contributed by atoms with van der Waals surface area (Å²) in [5.74, 6) is 0.253. The average molecular weight is 276 g/mol. The molecule has 0 fully saturated rings. The van der Waals surface area contributed by atoms with Gasteiger partial charge < -0.3 is 10.2 Å². The van der Waals surface area contributed by atoms with Crippen LogP contribution in [-0.4, -0.2) is 35.3 Å². The first kappa shape index (κ1) is 15.7. The number of alkyl halides is 3. The zero-order valence-corrected chi connectivity index (χ0v) is 11.3. The molecule has 0 amide bonds. The summed E-state index contributed by atoms with van der Waals surface area (Å²) in [5.41, 5.74) is 0.631. The minimum Gasteiger partial charge on any atom is -0.347 e. The summed E-state index contributed by atoms with van der Waals surface area (Å²) < 4.78 is 37.3. The molecule has 0 spiro atoms. The van der Waals surface area contributed by atoms with E-state index in [1.807, 2.05) is 13.8 Å². The van der Waals surface area contributed by atoms with E-state index >= 15 is 0 Å². The van der Waals surface area contributed by atoms with E-state index in [4.69, 9.17) is 0 Å². The summed E-state index contributed by atoms with van der Waals surface area (Å²) in [5, 5.41) is 3.15. The van der Waals surface area contributed by atoms with Gasteiger partial charge in [-0.25, -0.2) is 4.98 Å². The maximum absolute atomic E-state index is 12.4.